The molecular weight excluding hydrogens is 452 g/mol. The molecule has 1 aliphatic rings. The number of aliphatic hydroxyl groups is 1. The van der Waals surface area contributed by atoms with Crippen molar-refractivity contribution in [2.24, 2.45) is 5.92 Å². The maximum absolute atomic E-state index is 12.1. The fourth-order valence-electron chi connectivity index (χ4n) is 5.04. The highest BCUT2D eigenvalue weighted by Crippen LogP contribution is 2.34. The second kappa shape index (κ2) is 12.7. The molecule has 0 bridgehead atoms. The monoisotopic (exact) mass is 490 g/mol. The van der Waals surface area contributed by atoms with Crippen molar-refractivity contribution >= 4 is 5.97 Å². The highest BCUT2D eigenvalue weighted by molar-refractivity contribution is 5.71. The van der Waals surface area contributed by atoms with Gasteiger partial charge in [-0.2, -0.15) is 5.26 Å². The van der Waals surface area contributed by atoms with Gasteiger partial charge in [0.05, 0.1) is 18.6 Å². The van der Waals surface area contributed by atoms with Gasteiger partial charge < -0.3 is 19.9 Å². The van der Waals surface area contributed by atoms with Crippen LogP contribution >= 0.6 is 0 Å². The van der Waals surface area contributed by atoms with Crippen molar-refractivity contribution in [2.45, 2.75) is 64.0 Å². The number of hydrogen-bond donors (Lipinski definition) is 2. The standard InChI is InChI=1S/C30H38N2O4/c1-5-22(16-28(34)35-6-2)27-13-9-12-25(18-31)29(27)36-20-26(33)19-32-30(3,4)17-21-14-23-10-7-8-11-24(23)15-21/h5,7-13,21-22,26,32-33H,1,6,14-17,19-20H2,2-4H3/t22?,26-/m1/s1. The smallest absolute Gasteiger partial charge is 0.306 e. The third kappa shape index (κ3) is 7.43. The number of nitriles is 1. The Hall–Kier alpha value is -3.14. The summed E-state index contributed by atoms with van der Waals surface area (Å²) >= 11 is 0. The quantitative estimate of drug-likeness (QED) is 0.313. The van der Waals surface area contributed by atoms with Crippen molar-refractivity contribution in [3.8, 4) is 11.8 Å². The Labute approximate surface area is 214 Å². The molecule has 6 nitrogen and oxygen atoms in total. The maximum atomic E-state index is 12.1. The zero-order valence-corrected chi connectivity index (χ0v) is 21.6. The topological polar surface area (TPSA) is 91.6 Å². The molecular formula is C30H38N2O4. The van der Waals surface area contributed by atoms with E-state index in [1.807, 2.05) is 6.07 Å². The first-order chi connectivity index (χ1) is 17.3. The molecule has 0 heterocycles. The largest absolute Gasteiger partial charge is 0.489 e. The Balaban J connectivity index is 1.57. The van der Waals surface area contributed by atoms with Crippen LogP contribution < -0.4 is 10.1 Å². The highest BCUT2D eigenvalue weighted by atomic mass is 16.5. The summed E-state index contributed by atoms with van der Waals surface area (Å²) in [4.78, 5) is 12.1. The molecule has 0 aromatic heterocycles. The van der Waals surface area contributed by atoms with Crippen molar-refractivity contribution in [3.05, 3.63) is 77.4 Å². The van der Waals surface area contributed by atoms with Crippen molar-refractivity contribution in [2.75, 3.05) is 19.8 Å². The van der Waals surface area contributed by atoms with Crippen LogP contribution in [-0.2, 0) is 22.4 Å². The summed E-state index contributed by atoms with van der Waals surface area (Å²) in [6.45, 7) is 10.6. The molecule has 2 aromatic rings. The van der Waals surface area contributed by atoms with E-state index in [-0.39, 0.29) is 30.5 Å². The molecule has 0 radical (unpaired) electrons. The first kappa shape index (κ1) is 27.4. The van der Waals surface area contributed by atoms with Gasteiger partial charge in [-0.15, -0.1) is 6.58 Å². The van der Waals surface area contributed by atoms with Crippen molar-refractivity contribution in [1.29, 1.82) is 5.26 Å². The molecule has 2 N–H and O–H groups in total. The Morgan fingerprint density at radius 1 is 1.25 bits per heavy atom. The Kier molecular flexibility index (Phi) is 9.69. The van der Waals surface area contributed by atoms with Gasteiger partial charge in [-0.1, -0.05) is 42.5 Å². The van der Waals surface area contributed by atoms with E-state index in [1.165, 1.54) is 11.1 Å². The summed E-state index contributed by atoms with van der Waals surface area (Å²) in [5.41, 5.74) is 3.78. The number of ether oxygens (including phenoxy) is 2. The van der Waals surface area contributed by atoms with Gasteiger partial charge in [0.15, 0.2) is 0 Å². The number of hydrogen-bond acceptors (Lipinski definition) is 6. The first-order valence-electron chi connectivity index (χ1n) is 12.7. The number of carbonyl (C=O) groups excluding carboxylic acids is 1. The van der Waals surface area contributed by atoms with Gasteiger partial charge in [0.25, 0.3) is 0 Å². The first-order valence-corrected chi connectivity index (χ1v) is 12.7. The Bertz CT molecular complexity index is 1060. The van der Waals surface area contributed by atoms with E-state index < -0.39 is 6.10 Å². The minimum atomic E-state index is -0.767. The van der Waals surface area contributed by atoms with E-state index in [1.54, 1.807) is 25.1 Å². The molecule has 36 heavy (non-hydrogen) atoms. The lowest BCUT2D eigenvalue weighted by atomic mass is 9.88. The number of nitrogens with one attached hydrogen (secondary N) is 1. The molecule has 1 unspecified atom stereocenters. The van der Waals surface area contributed by atoms with Crippen LogP contribution in [0.25, 0.3) is 0 Å². The lowest BCUT2D eigenvalue weighted by Crippen LogP contribution is -2.46. The van der Waals surface area contributed by atoms with Gasteiger partial charge in [0.2, 0.25) is 0 Å². The van der Waals surface area contributed by atoms with E-state index in [4.69, 9.17) is 9.47 Å². The van der Waals surface area contributed by atoms with Crippen molar-refractivity contribution in [3.63, 3.8) is 0 Å². The lowest BCUT2D eigenvalue weighted by Gasteiger charge is -2.30. The van der Waals surface area contributed by atoms with Crippen molar-refractivity contribution in [1.82, 2.24) is 5.32 Å². The number of esters is 1. The van der Waals surface area contributed by atoms with Gasteiger partial charge in [0, 0.05) is 23.6 Å². The summed E-state index contributed by atoms with van der Waals surface area (Å²) in [7, 11) is 0. The van der Waals surface area contributed by atoms with Crippen LogP contribution in [0, 0.1) is 17.2 Å². The van der Waals surface area contributed by atoms with Gasteiger partial charge >= 0.3 is 5.97 Å². The van der Waals surface area contributed by atoms with Crippen LogP contribution in [0.5, 0.6) is 5.75 Å². The third-order valence-corrected chi connectivity index (χ3v) is 6.71. The second-order valence-electron chi connectivity index (χ2n) is 10.2. The summed E-state index contributed by atoms with van der Waals surface area (Å²) in [6, 6.07) is 16.0. The molecule has 0 spiro atoms. The number of rotatable bonds is 13. The molecule has 192 valence electrons. The van der Waals surface area contributed by atoms with E-state index in [0.29, 0.717) is 35.9 Å². The Morgan fingerprint density at radius 2 is 1.94 bits per heavy atom. The minimum Gasteiger partial charge on any atom is -0.489 e. The molecule has 3 rings (SSSR count). The number of fused-ring (bicyclic) bond motifs is 1. The number of β-amino-alcohol motifs (C(OH)–C–C–N with tert-alkyl or cyclic N) is 1. The molecule has 0 amide bonds. The molecule has 2 atom stereocenters. The van der Waals surface area contributed by atoms with Crippen LogP contribution in [0.2, 0.25) is 0 Å². The van der Waals surface area contributed by atoms with Crippen LogP contribution in [0.4, 0.5) is 0 Å². The number of nitrogens with zero attached hydrogens (tertiary/aromatic N) is 1. The van der Waals surface area contributed by atoms with Crippen LogP contribution in [-0.4, -0.2) is 42.5 Å². The summed E-state index contributed by atoms with van der Waals surface area (Å²) in [5, 5.41) is 23.8. The average Bonchev–Trinajstić information content (AvgIpc) is 3.26. The molecule has 2 aromatic carbocycles. The van der Waals surface area contributed by atoms with Crippen LogP contribution in [0.3, 0.4) is 0 Å². The SMILES string of the molecule is C=CC(CC(=O)OCC)c1cccc(C#N)c1OC[C@H](O)CNC(C)(C)CC1Cc2ccccc2C1. The maximum Gasteiger partial charge on any atom is 0.306 e. The summed E-state index contributed by atoms with van der Waals surface area (Å²) in [6.07, 6.45) is 4.19. The normalized spacial score (nSPS) is 15.0. The molecule has 0 saturated carbocycles. The zero-order valence-electron chi connectivity index (χ0n) is 21.6. The van der Waals surface area contributed by atoms with Gasteiger partial charge in [-0.05, 0) is 63.1 Å². The molecule has 6 heteroatoms. The molecule has 0 fully saturated rings. The van der Waals surface area contributed by atoms with E-state index in [9.17, 15) is 15.2 Å². The fourth-order valence-corrected chi connectivity index (χ4v) is 5.04. The van der Waals surface area contributed by atoms with Crippen LogP contribution in [0.1, 0.15) is 61.8 Å². The second-order valence-corrected chi connectivity index (χ2v) is 10.2. The summed E-state index contributed by atoms with van der Waals surface area (Å²) in [5.74, 6) is 0.249. The minimum absolute atomic E-state index is 0.0207. The fraction of sp³-hybridized carbons (Fsp3) is 0.467. The van der Waals surface area contributed by atoms with Gasteiger partial charge in [-0.3, -0.25) is 4.79 Å². The van der Waals surface area contributed by atoms with E-state index in [0.717, 1.165) is 19.3 Å². The Morgan fingerprint density at radius 3 is 2.56 bits per heavy atom. The number of carbonyl (C=O) groups is 1. The zero-order chi connectivity index (χ0) is 26.1. The van der Waals surface area contributed by atoms with Gasteiger partial charge in [-0.25, -0.2) is 0 Å². The number of para-hydroxylation sites is 1. The summed E-state index contributed by atoms with van der Waals surface area (Å²) < 4.78 is 11.1. The van der Waals surface area contributed by atoms with E-state index in [2.05, 4.69) is 56.1 Å². The average molecular weight is 491 g/mol. The molecule has 0 saturated heterocycles. The van der Waals surface area contributed by atoms with Gasteiger partial charge in [0.1, 0.15) is 24.5 Å². The van der Waals surface area contributed by atoms with E-state index >= 15 is 0 Å². The molecule has 0 aliphatic heterocycles. The number of aliphatic hydroxyl groups excluding tert-OH is 1. The number of benzene rings is 2. The number of allylic oxidation sites excluding steroid dienone is 1. The lowest BCUT2D eigenvalue weighted by molar-refractivity contribution is -0.143. The predicted octanol–water partition coefficient (Wildman–Crippen LogP) is 4.69. The van der Waals surface area contributed by atoms with Crippen molar-refractivity contribution < 1.29 is 19.4 Å². The third-order valence-electron chi connectivity index (χ3n) is 6.71. The molecule has 1 aliphatic carbocycles. The predicted molar refractivity (Wildman–Crippen MR) is 141 cm³/mol. The highest BCUT2D eigenvalue weighted by Gasteiger charge is 2.28. The van der Waals surface area contributed by atoms with Crippen LogP contribution in [0.15, 0.2) is 55.1 Å².